The van der Waals surface area contributed by atoms with Gasteiger partial charge in [0.15, 0.2) is 0 Å². The molecule has 6 nitrogen and oxygen atoms in total. The molecule has 0 aliphatic rings. The summed E-state index contributed by atoms with van der Waals surface area (Å²) in [6.07, 6.45) is 0. The van der Waals surface area contributed by atoms with Gasteiger partial charge in [-0.2, -0.15) is 5.26 Å². The molecular formula is C10H7BrN2O4. The second-order valence-electron chi connectivity index (χ2n) is 2.94. The van der Waals surface area contributed by atoms with Gasteiger partial charge < -0.3 is 4.74 Å². The molecule has 1 aromatic rings. The summed E-state index contributed by atoms with van der Waals surface area (Å²) >= 11 is 3.02. The lowest BCUT2D eigenvalue weighted by Gasteiger charge is -2.04. The van der Waals surface area contributed by atoms with Gasteiger partial charge in [-0.15, -0.1) is 0 Å². The first-order valence-electron chi connectivity index (χ1n) is 4.56. The first-order chi connectivity index (χ1) is 8.01. The Balaban J connectivity index is 3.40. The second-order valence-corrected chi connectivity index (χ2v) is 3.79. The number of nitrogens with zero attached hydrogens (tertiary/aromatic N) is 2. The molecule has 88 valence electrons. The minimum absolute atomic E-state index is 0.105. The fourth-order valence-electron chi connectivity index (χ4n) is 1.17. The number of benzene rings is 1. The predicted octanol–water partition coefficient (Wildman–Crippen LogP) is 2.41. The molecule has 0 aromatic heterocycles. The maximum Gasteiger partial charge on any atom is 0.345 e. The Morgan fingerprint density at radius 1 is 1.65 bits per heavy atom. The topological polar surface area (TPSA) is 93.2 Å². The van der Waals surface area contributed by atoms with E-state index in [1.807, 2.05) is 6.07 Å². The van der Waals surface area contributed by atoms with E-state index in [2.05, 4.69) is 15.9 Å². The Bertz CT molecular complexity index is 522. The number of esters is 1. The normalized spacial score (nSPS) is 9.47. The van der Waals surface area contributed by atoms with Gasteiger partial charge in [0, 0.05) is 10.5 Å². The van der Waals surface area contributed by atoms with E-state index in [-0.39, 0.29) is 22.2 Å². The fraction of sp³-hybridized carbons (Fsp3) is 0.200. The quantitative estimate of drug-likeness (QED) is 0.485. The van der Waals surface area contributed by atoms with Crippen molar-refractivity contribution in [3.63, 3.8) is 0 Å². The molecule has 0 saturated heterocycles. The number of hydrogen-bond donors (Lipinski definition) is 0. The highest BCUT2D eigenvalue weighted by Gasteiger charge is 2.23. The summed E-state index contributed by atoms with van der Waals surface area (Å²) in [6, 6.07) is 4.08. The Kier molecular flexibility index (Phi) is 4.17. The number of carbonyl (C=O) groups is 1. The third kappa shape index (κ3) is 2.79. The smallest absolute Gasteiger partial charge is 0.345 e. The summed E-state index contributed by atoms with van der Waals surface area (Å²) in [5.74, 6) is -0.816. The minimum Gasteiger partial charge on any atom is -0.462 e. The number of carbonyl (C=O) groups excluding carboxylic acids is 1. The first kappa shape index (κ1) is 13.1. The summed E-state index contributed by atoms with van der Waals surface area (Å²) in [4.78, 5) is 21.6. The zero-order valence-corrected chi connectivity index (χ0v) is 10.4. The van der Waals surface area contributed by atoms with Crippen LogP contribution in [0.5, 0.6) is 0 Å². The molecule has 0 saturated carbocycles. The lowest BCUT2D eigenvalue weighted by Crippen LogP contribution is -2.08. The van der Waals surface area contributed by atoms with Crippen molar-refractivity contribution in [3.8, 4) is 6.07 Å². The van der Waals surface area contributed by atoms with Gasteiger partial charge in [0.25, 0.3) is 5.69 Å². The van der Waals surface area contributed by atoms with Gasteiger partial charge in [0.05, 0.1) is 17.1 Å². The van der Waals surface area contributed by atoms with Crippen molar-refractivity contribution in [2.45, 2.75) is 6.92 Å². The van der Waals surface area contributed by atoms with Gasteiger partial charge in [-0.05, 0) is 28.9 Å². The highest BCUT2D eigenvalue weighted by molar-refractivity contribution is 9.10. The standard InChI is InChI=1S/C10H7BrN2O4/c1-2-17-10(14)7-3-6(5-12)8(11)4-9(7)13(15)16/h3-4H,2H2,1H3. The van der Waals surface area contributed by atoms with Crippen LogP contribution in [0.3, 0.4) is 0 Å². The molecule has 0 unspecified atom stereocenters. The molecule has 0 radical (unpaired) electrons. The van der Waals surface area contributed by atoms with Crippen LogP contribution in [0.1, 0.15) is 22.8 Å². The lowest BCUT2D eigenvalue weighted by molar-refractivity contribution is -0.385. The van der Waals surface area contributed by atoms with Crippen molar-refractivity contribution in [2.75, 3.05) is 6.61 Å². The SMILES string of the molecule is CCOC(=O)c1cc(C#N)c(Br)cc1[N+](=O)[O-]. The zero-order chi connectivity index (χ0) is 13.0. The number of rotatable bonds is 3. The van der Waals surface area contributed by atoms with Crippen LogP contribution in [0.25, 0.3) is 0 Å². The van der Waals surface area contributed by atoms with E-state index in [0.717, 1.165) is 12.1 Å². The van der Waals surface area contributed by atoms with E-state index >= 15 is 0 Å². The summed E-state index contributed by atoms with van der Waals surface area (Å²) in [6.45, 7) is 1.70. The van der Waals surface area contributed by atoms with Crippen LogP contribution in [-0.2, 0) is 4.74 Å². The van der Waals surface area contributed by atoms with Crippen LogP contribution in [0.2, 0.25) is 0 Å². The Morgan fingerprint density at radius 3 is 2.76 bits per heavy atom. The molecule has 17 heavy (non-hydrogen) atoms. The number of halogens is 1. The molecule has 0 heterocycles. The van der Waals surface area contributed by atoms with E-state index in [1.54, 1.807) is 6.92 Å². The molecule has 1 aromatic carbocycles. The summed E-state index contributed by atoms with van der Waals surface area (Å²) < 4.78 is 4.95. The predicted molar refractivity (Wildman–Crippen MR) is 61.5 cm³/mol. The molecule has 0 fully saturated rings. The number of nitriles is 1. The monoisotopic (exact) mass is 298 g/mol. The molecule has 0 spiro atoms. The van der Waals surface area contributed by atoms with Crippen molar-refractivity contribution in [1.82, 2.24) is 0 Å². The number of nitro benzene ring substituents is 1. The average Bonchev–Trinajstić information content (AvgIpc) is 2.28. The van der Waals surface area contributed by atoms with Gasteiger partial charge >= 0.3 is 5.97 Å². The highest BCUT2D eigenvalue weighted by atomic mass is 79.9. The van der Waals surface area contributed by atoms with Crippen molar-refractivity contribution < 1.29 is 14.5 Å². The molecule has 0 aliphatic heterocycles. The van der Waals surface area contributed by atoms with Crippen molar-refractivity contribution in [1.29, 1.82) is 5.26 Å². The lowest BCUT2D eigenvalue weighted by atomic mass is 10.1. The van der Waals surface area contributed by atoms with E-state index < -0.39 is 16.6 Å². The Labute approximate surface area is 105 Å². The number of hydrogen-bond acceptors (Lipinski definition) is 5. The molecule has 0 aliphatic carbocycles. The zero-order valence-electron chi connectivity index (χ0n) is 8.77. The number of nitro groups is 1. The van der Waals surface area contributed by atoms with Crippen LogP contribution in [0, 0.1) is 21.4 Å². The van der Waals surface area contributed by atoms with Gasteiger partial charge in [0.1, 0.15) is 11.6 Å². The fourth-order valence-corrected chi connectivity index (χ4v) is 1.59. The first-order valence-corrected chi connectivity index (χ1v) is 5.35. The van der Waals surface area contributed by atoms with Crippen LogP contribution in [0.15, 0.2) is 16.6 Å². The average molecular weight is 299 g/mol. The van der Waals surface area contributed by atoms with Crippen molar-refractivity contribution in [3.05, 3.63) is 37.8 Å². The second kappa shape index (κ2) is 5.41. The van der Waals surface area contributed by atoms with Crippen molar-refractivity contribution >= 4 is 27.6 Å². The minimum atomic E-state index is -0.816. The molecule has 1 rings (SSSR count). The Hall–Kier alpha value is -1.94. The molecular weight excluding hydrogens is 292 g/mol. The maximum absolute atomic E-state index is 11.5. The summed E-state index contributed by atoms with van der Waals surface area (Å²) in [5.41, 5.74) is -0.482. The van der Waals surface area contributed by atoms with E-state index in [1.165, 1.54) is 0 Å². The largest absolute Gasteiger partial charge is 0.462 e. The molecule has 0 atom stereocenters. The van der Waals surface area contributed by atoms with Gasteiger partial charge in [-0.25, -0.2) is 4.79 Å². The molecule has 0 bridgehead atoms. The molecule has 0 N–H and O–H groups in total. The third-order valence-electron chi connectivity index (χ3n) is 1.90. The van der Waals surface area contributed by atoms with E-state index in [4.69, 9.17) is 10.00 Å². The van der Waals surface area contributed by atoms with Crippen LogP contribution >= 0.6 is 15.9 Å². The number of ether oxygens (including phenoxy) is 1. The highest BCUT2D eigenvalue weighted by Crippen LogP contribution is 2.27. The maximum atomic E-state index is 11.5. The van der Waals surface area contributed by atoms with Crippen LogP contribution in [0.4, 0.5) is 5.69 Å². The van der Waals surface area contributed by atoms with Gasteiger partial charge in [-0.3, -0.25) is 10.1 Å². The third-order valence-corrected chi connectivity index (χ3v) is 2.55. The van der Waals surface area contributed by atoms with Crippen LogP contribution < -0.4 is 0 Å². The van der Waals surface area contributed by atoms with Gasteiger partial charge in [0.2, 0.25) is 0 Å². The Morgan fingerprint density at radius 2 is 2.29 bits per heavy atom. The van der Waals surface area contributed by atoms with E-state index in [0.29, 0.717) is 0 Å². The van der Waals surface area contributed by atoms with Crippen molar-refractivity contribution in [2.24, 2.45) is 0 Å². The molecule has 0 amide bonds. The molecule has 7 heteroatoms. The van der Waals surface area contributed by atoms with Crippen LogP contribution in [-0.4, -0.2) is 17.5 Å². The van der Waals surface area contributed by atoms with Gasteiger partial charge in [-0.1, -0.05) is 0 Å². The summed E-state index contributed by atoms with van der Waals surface area (Å²) in [5, 5.41) is 19.6. The summed E-state index contributed by atoms with van der Waals surface area (Å²) in [7, 11) is 0. The van der Waals surface area contributed by atoms with E-state index in [9.17, 15) is 14.9 Å².